The van der Waals surface area contributed by atoms with E-state index in [4.69, 9.17) is 5.73 Å². The maximum absolute atomic E-state index is 11.7. The molecular formula is C10H17N5O2. The van der Waals surface area contributed by atoms with Crippen molar-refractivity contribution in [2.24, 2.45) is 0 Å². The molecule has 0 radical (unpaired) electrons. The smallest absolute Gasteiger partial charge is 0.244 e. The Kier molecular flexibility index (Phi) is 4.50. The molecule has 94 valence electrons. The summed E-state index contributed by atoms with van der Waals surface area (Å²) >= 11 is 0. The summed E-state index contributed by atoms with van der Waals surface area (Å²) < 4.78 is 1.44. The highest BCUT2D eigenvalue weighted by molar-refractivity contribution is 5.84. The highest BCUT2D eigenvalue weighted by Crippen LogP contribution is 1.97. The minimum absolute atomic E-state index is 0.0451. The third kappa shape index (κ3) is 4.13. The van der Waals surface area contributed by atoms with Crippen LogP contribution in [0.25, 0.3) is 0 Å². The first-order valence-electron chi connectivity index (χ1n) is 5.32. The molecule has 0 aliphatic heterocycles. The summed E-state index contributed by atoms with van der Waals surface area (Å²) in [6, 6.07) is 1.61. The number of carbonyl (C=O) groups is 2. The number of nitrogen functional groups attached to an aromatic ring is 1. The Hall–Kier alpha value is -2.05. The molecule has 1 aromatic heterocycles. The Labute approximate surface area is 99.6 Å². The van der Waals surface area contributed by atoms with Crippen molar-refractivity contribution in [3.63, 3.8) is 0 Å². The topological polar surface area (TPSA) is 93.2 Å². The molecule has 0 saturated heterocycles. The first-order valence-corrected chi connectivity index (χ1v) is 5.32. The molecular weight excluding hydrogens is 222 g/mol. The van der Waals surface area contributed by atoms with Gasteiger partial charge >= 0.3 is 0 Å². The molecule has 0 aromatic carbocycles. The predicted molar refractivity (Wildman–Crippen MR) is 63.0 cm³/mol. The molecule has 17 heavy (non-hydrogen) atoms. The van der Waals surface area contributed by atoms with Gasteiger partial charge in [-0.3, -0.25) is 14.3 Å². The summed E-state index contributed by atoms with van der Waals surface area (Å²) in [4.78, 5) is 24.3. The first-order chi connectivity index (χ1) is 8.02. The van der Waals surface area contributed by atoms with Gasteiger partial charge in [-0.05, 0) is 13.0 Å². The van der Waals surface area contributed by atoms with Gasteiger partial charge in [0.05, 0.1) is 6.54 Å². The summed E-state index contributed by atoms with van der Waals surface area (Å²) in [6.07, 6.45) is 1.62. The van der Waals surface area contributed by atoms with E-state index in [0.29, 0.717) is 12.4 Å². The Bertz CT molecular complexity index is 401. The van der Waals surface area contributed by atoms with E-state index in [-0.39, 0.29) is 24.9 Å². The van der Waals surface area contributed by atoms with E-state index >= 15 is 0 Å². The number of likely N-dealkylation sites (N-methyl/N-ethyl adjacent to an activating group) is 2. The fourth-order valence-corrected chi connectivity index (χ4v) is 1.28. The van der Waals surface area contributed by atoms with E-state index in [1.807, 2.05) is 6.92 Å². The van der Waals surface area contributed by atoms with E-state index in [1.165, 1.54) is 9.58 Å². The van der Waals surface area contributed by atoms with Crippen LogP contribution in [0.1, 0.15) is 6.92 Å². The molecule has 0 saturated carbocycles. The van der Waals surface area contributed by atoms with E-state index in [1.54, 1.807) is 19.3 Å². The number of aromatic nitrogens is 2. The maximum Gasteiger partial charge on any atom is 0.244 e. The number of hydrogen-bond acceptors (Lipinski definition) is 4. The second kappa shape index (κ2) is 5.88. The number of rotatable bonds is 5. The minimum atomic E-state index is -0.195. The number of nitrogens with zero attached hydrogens (tertiary/aromatic N) is 3. The van der Waals surface area contributed by atoms with E-state index < -0.39 is 0 Å². The molecule has 1 aromatic rings. The normalized spacial score (nSPS) is 10.0. The first kappa shape index (κ1) is 13.0. The van der Waals surface area contributed by atoms with Gasteiger partial charge in [0, 0.05) is 19.8 Å². The van der Waals surface area contributed by atoms with Gasteiger partial charge in [0.15, 0.2) is 0 Å². The van der Waals surface area contributed by atoms with Crippen molar-refractivity contribution >= 4 is 17.6 Å². The van der Waals surface area contributed by atoms with Gasteiger partial charge in [-0.25, -0.2) is 0 Å². The molecule has 2 amide bonds. The molecule has 7 nitrogen and oxygen atoms in total. The van der Waals surface area contributed by atoms with Crippen LogP contribution in [-0.2, 0) is 16.1 Å². The lowest BCUT2D eigenvalue weighted by Gasteiger charge is -2.16. The number of carbonyl (C=O) groups excluding carboxylic acids is 2. The van der Waals surface area contributed by atoms with Gasteiger partial charge in [-0.2, -0.15) is 5.10 Å². The van der Waals surface area contributed by atoms with Crippen LogP contribution in [-0.4, -0.2) is 46.6 Å². The predicted octanol–water partition coefficient (Wildman–Crippen LogP) is -0.940. The Balaban J connectivity index is 2.44. The third-order valence-corrected chi connectivity index (χ3v) is 2.14. The van der Waals surface area contributed by atoms with Gasteiger partial charge in [0.25, 0.3) is 0 Å². The molecule has 0 fully saturated rings. The standard InChI is InChI=1S/C10H17N5O2/c1-3-12-9(16)6-14(2)10(17)7-15-5-4-8(11)13-15/h4-5H,3,6-7H2,1-2H3,(H2,11,13)(H,12,16). The van der Waals surface area contributed by atoms with E-state index in [2.05, 4.69) is 10.4 Å². The zero-order valence-corrected chi connectivity index (χ0v) is 10.0. The molecule has 0 bridgehead atoms. The maximum atomic E-state index is 11.7. The second-order valence-electron chi connectivity index (χ2n) is 3.64. The highest BCUT2D eigenvalue weighted by Gasteiger charge is 2.13. The lowest BCUT2D eigenvalue weighted by molar-refractivity contribution is -0.135. The fraction of sp³-hybridized carbons (Fsp3) is 0.500. The number of hydrogen-bond donors (Lipinski definition) is 2. The van der Waals surface area contributed by atoms with Crippen LogP contribution in [0.15, 0.2) is 12.3 Å². The van der Waals surface area contributed by atoms with Crippen molar-refractivity contribution in [1.82, 2.24) is 20.0 Å². The lowest BCUT2D eigenvalue weighted by atomic mass is 10.4. The van der Waals surface area contributed by atoms with Gasteiger partial charge in [-0.15, -0.1) is 0 Å². The van der Waals surface area contributed by atoms with Crippen LogP contribution < -0.4 is 11.1 Å². The summed E-state index contributed by atoms with van der Waals surface area (Å²) in [5.41, 5.74) is 5.43. The molecule has 7 heteroatoms. The van der Waals surface area contributed by atoms with Crippen LogP contribution in [0, 0.1) is 0 Å². The monoisotopic (exact) mass is 239 g/mol. The van der Waals surface area contributed by atoms with Gasteiger partial charge < -0.3 is 16.0 Å². The van der Waals surface area contributed by atoms with Gasteiger partial charge in [0.2, 0.25) is 11.8 Å². The number of amides is 2. The van der Waals surface area contributed by atoms with Crippen molar-refractivity contribution in [3.8, 4) is 0 Å². The lowest BCUT2D eigenvalue weighted by Crippen LogP contribution is -2.39. The molecule has 3 N–H and O–H groups in total. The van der Waals surface area contributed by atoms with Crippen molar-refractivity contribution in [3.05, 3.63) is 12.3 Å². The summed E-state index contributed by atoms with van der Waals surface area (Å²) in [6.45, 7) is 2.50. The SMILES string of the molecule is CCNC(=O)CN(C)C(=O)Cn1ccc(N)n1. The van der Waals surface area contributed by atoms with Crippen molar-refractivity contribution in [2.45, 2.75) is 13.5 Å². The minimum Gasteiger partial charge on any atom is -0.382 e. The average molecular weight is 239 g/mol. The van der Waals surface area contributed by atoms with Crippen LogP contribution in [0.3, 0.4) is 0 Å². The molecule has 0 unspecified atom stereocenters. The molecule has 0 atom stereocenters. The zero-order valence-electron chi connectivity index (χ0n) is 10.0. The molecule has 1 rings (SSSR count). The summed E-state index contributed by atoms with van der Waals surface area (Å²) in [5, 5.41) is 6.52. The van der Waals surface area contributed by atoms with Crippen molar-refractivity contribution < 1.29 is 9.59 Å². The molecule has 0 aliphatic carbocycles. The van der Waals surface area contributed by atoms with Gasteiger partial charge in [0.1, 0.15) is 12.4 Å². The Morgan fingerprint density at radius 2 is 2.29 bits per heavy atom. The van der Waals surface area contributed by atoms with Crippen LogP contribution in [0.5, 0.6) is 0 Å². The largest absolute Gasteiger partial charge is 0.382 e. The fourth-order valence-electron chi connectivity index (χ4n) is 1.28. The van der Waals surface area contributed by atoms with Gasteiger partial charge in [-0.1, -0.05) is 0 Å². The van der Waals surface area contributed by atoms with E-state index in [0.717, 1.165) is 0 Å². The molecule has 1 heterocycles. The Morgan fingerprint density at radius 1 is 1.59 bits per heavy atom. The van der Waals surface area contributed by atoms with Crippen LogP contribution in [0.4, 0.5) is 5.82 Å². The zero-order chi connectivity index (χ0) is 12.8. The van der Waals surface area contributed by atoms with Crippen molar-refractivity contribution in [1.29, 1.82) is 0 Å². The third-order valence-electron chi connectivity index (χ3n) is 2.14. The number of nitrogens with one attached hydrogen (secondary N) is 1. The average Bonchev–Trinajstić information content (AvgIpc) is 2.64. The van der Waals surface area contributed by atoms with Crippen LogP contribution >= 0.6 is 0 Å². The molecule has 0 aliphatic rings. The Morgan fingerprint density at radius 3 is 2.82 bits per heavy atom. The summed E-state index contributed by atoms with van der Waals surface area (Å²) in [5.74, 6) is -0.00754. The van der Waals surface area contributed by atoms with Crippen LogP contribution in [0.2, 0.25) is 0 Å². The highest BCUT2D eigenvalue weighted by atomic mass is 16.2. The number of anilines is 1. The number of nitrogens with two attached hydrogens (primary N) is 1. The van der Waals surface area contributed by atoms with Crippen molar-refractivity contribution in [2.75, 3.05) is 25.9 Å². The quantitative estimate of drug-likeness (QED) is 0.693. The molecule has 0 spiro atoms. The van der Waals surface area contributed by atoms with E-state index in [9.17, 15) is 9.59 Å². The summed E-state index contributed by atoms with van der Waals surface area (Å²) in [7, 11) is 1.57. The second-order valence-corrected chi connectivity index (χ2v) is 3.64.